The quantitative estimate of drug-likeness (QED) is 0.843. The highest BCUT2D eigenvalue weighted by molar-refractivity contribution is 5.85. The second-order valence-corrected chi connectivity index (χ2v) is 4.76. The van der Waals surface area contributed by atoms with Gasteiger partial charge in [-0.3, -0.25) is 4.68 Å². The van der Waals surface area contributed by atoms with E-state index in [9.17, 15) is 0 Å². The molecule has 0 saturated carbocycles. The molecular formula is C12H18N6. The summed E-state index contributed by atoms with van der Waals surface area (Å²) in [5, 5.41) is 12.1. The van der Waals surface area contributed by atoms with Crippen molar-refractivity contribution in [2.24, 2.45) is 7.05 Å². The minimum absolute atomic E-state index is 0.542. The van der Waals surface area contributed by atoms with Crippen molar-refractivity contribution < 1.29 is 0 Å². The van der Waals surface area contributed by atoms with Crippen LogP contribution in [0.25, 0.3) is 11.0 Å². The van der Waals surface area contributed by atoms with Gasteiger partial charge in [0.15, 0.2) is 5.65 Å². The number of nitrogens with one attached hydrogen (secondary N) is 2. The van der Waals surface area contributed by atoms with Gasteiger partial charge in [0.05, 0.1) is 11.6 Å². The summed E-state index contributed by atoms with van der Waals surface area (Å²) in [5.41, 5.74) is 0.865. The predicted octanol–water partition coefficient (Wildman–Crippen LogP) is 0.917. The van der Waals surface area contributed by atoms with Crippen molar-refractivity contribution in [3.8, 4) is 0 Å². The molecule has 96 valence electrons. The Kier molecular flexibility index (Phi) is 3.10. The fraction of sp³-hybridized carbons (Fsp3) is 0.583. The molecule has 2 aromatic heterocycles. The van der Waals surface area contributed by atoms with Crippen LogP contribution in [0.4, 0.5) is 5.82 Å². The van der Waals surface area contributed by atoms with Gasteiger partial charge in [-0.05, 0) is 19.4 Å². The van der Waals surface area contributed by atoms with Crippen LogP contribution in [0.2, 0.25) is 0 Å². The van der Waals surface area contributed by atoms with E-state index in [2.05, 4.69) is 25.7 Å². The molecule has 0 aromatic carbocycles. The summed E-state index contributed by atoms with van der Waals surface area (Å²) in [4.78, 5) is 8.53. The van der Waals surface area contributed by atoms with Gasteiger partial charge in [-0.1, -0.05) is 6.42 Å². The van der Waals surface area contributed by atoms with Gasteiger partial charge in [0, 0.05) is 19.6 Å². The van der Waals surface area contributed by atoms with E-state index in [0.717, 1.165) is 29.9 Å². The molecule has 0 bridgehead atoms. The lowest BCUT2D eigenvalue weighted by Crippen LogP contribution is -2.39. The minimum atomic E-state index is 0.542. The zero-order valence-corrected chi connectivity index (χ0v) is 10.6. The third-order valence-electron chi connectivity index (χ3n) is 3.46. The number of aromatic nitrogens is 4. The molecule has 1 aliphatic heterocycles. The fourth-order valence-corrected chi connectivity index (χ4v) is 2.42. The van der Waals surface area contributed by atoms with Crippen LogP contribution in [0.1, 0.15) is 19.3 Å². The number of anilines is 1. The van der Waals surface area contributed by atoms with E-state index in [4.69, 9.17) is 0 Å². The number of hydrogen-bond acceptors (Lipinski definition) is 5. The lowest BCUT2D eigenvalue weighted by Gasteiger charge is -2.23. The first-order valence-electron chi connectivity index (χ1n) is 6.44. The number of rotatable bonds is 3. The van der Waals surface area contributed by atoms with Gasteiger partial charge in [0.2, 0.25) is 0 Å². The first kappa shape index (κ1) is 11.4. The molecule has 1 unspecified atom stereocenters. The number of aryl methyl sites for hydroxylation is 1. The van der Waals surface area contributed by atoms with E-state index in [-0.39, 0.29) is 0 Å². The predicted molar refractivity (Wildman–Crippen MR) is 70.4 cm³/mol. The van der Waals surface area contributed by atoms with Crippen LogP contribution in [-0.2, 0) is 7.05 Å². The summed E-state index contributed by atoms with van der Waals surface area (Å²) in [6.45, 7) is 2.03. The SMILES string of the molecule is Cn1ncc2c(NCC3CCCCN3)ncnc21. The molecule has 0 amide bonds. The Labute approximate surface area is 106 Å². The van der Waals surface area contributed by atoms with Gasteiger partial charge >= 0.3 is 0 Å². The van der Waals surface area contributed by atoms with Gasteiger partial charge < -0.3 is 10.6 Å². The summed E-state index contributed by atoms with van der Waals surface area (Å²) in [6, 6.07) is 0.542. The molecular weight excluding hydrogens is 228 g/mol. The Morgan fingerprint density at radius 2 is 2.39 bits per heavy atom. The monoisotopic (exact) mass is 246 g/mol. The maximum atomic E-state index is 4.30. The largest absolute Gasteiger partial charge is 0.368 e. The average molecular weight is 246 g/mol. The first-order chi connectivity index (χ1) is 8.84. The molecule has 1 saturated heterocycles. The Morgan fingerprint density at radius 1 is 1.44 bits per heavy atom. The highest BCUT2D eigenvalue weighted by atomic mass is 15.3. The van der Waals surface area contributed by atoms with E-state index in [1.807, 2.05) is 13.2 Å². The van der Waals surface area contributed by atoms with Gasteiger partial charge in [0.1, 0.15) is 12.1 Å². The highest BCUT2D eigenvalue weighted by Crippen LogP contribution is 2.18. The molecule has 6 nitrogen and oxygen atoms in total. The summed E-state index contributed by atoms with van der Waals surface area (Å²) in [5.74, 6) is 0.875. The molecule has 6 heteroatoms. The van der Waals surface area contributed by atoms with Crippen molar-refractivity contribution in [1.82, 2.24) is 25.1 Å². The van der Waals surface area contributed by atoms with Crippen LogP contribution in [0.3, 0.4) is 0 Å². The molecule has 2 N–H and O–H groups in total. The minimum Gasteiger partial charge on any atom is -0.368 e. The van der Waals surface area contributed by atoms with Crippen LogP contribution in [0, 0.1) is 0 Å². The molecule has 1 atom stereocenters. The molecule has 3 heterocycles. The third-order valence-corrected chi connectivity index (χ3v) is 3.46. The topological polar surface area (TPSA) is 67.7 Å². The van der Waals surface area contributed by atoms with Crippen molar-refractivity contribution in [2.45, 2.75) is 25.3 Å². The van der Waals surface area contributed by atoms with Gasteiger partial charge in [-0.2, -0.15) is 5.10 Å². The van der Waals surface area contributed by atoms with E-state index < -0.39 is 0 Å². The van der Waals surface area contributed by atoms with Crippen molar-refractivity contribution in [2.75, 3.05) is 18.4 Å². The third kappa shape index (κ3) is 2.15. The summed E-state index contributed by atoms with van der Waals surface area (Å²) >= 11 is 0. The van der Waals surface area contributed by atoms with Crippen molar-refractivity contribution in [1.29, 1.82) is 0 Å². The number of hydrogen-bond donors (Lipinski definition) is 2. The Hall–Kier alpha value is -1.69. The van der Waals surface area contributed by atoms with Crippen LogP contribution < -0.4 is 10.6 Å². The number of nitrogens with zero attached hydrogens (tertiary/aromatic N) is 4. The first-order valence-corrected chi connectivity index (χ1v) is 6.44. The van der Waals surface area contributed by atoms with Crippen molar-refractivity contribution in [3.05, 3.63) is 12.5 Å². The summed E-state index contributed by atoms with van der Waals surface area (Å²) in [7, 11) is 1.89. The second-order valence-electron chi connectivity index (χ2n) is 4.76. The molecule has 1 fully saturated rings. The van der Waals surface area contributed by atoms with Gasteiger partial charge in [-0.15, -0.1) is 0 Å². The zero-order valence-electron chi connectivity index (χ0n) is 10.6. The molecule has 2 aromatic rings. The summed E-state index contributed by atoms with van der Waals surface area (Å²) < 4.78 is 1.76. The number of fused-ring (bicyclic) bond motifs is 1. The molecule has 0 spiro atoms. The van der Waals surface area contributed by atoms with Crippen LogP contribution >= 0.6 is 0 Å². The second kappa shape index (κ2) is 4.89. The van der Waals surface area contributed by atoms with Crippen LogP contribution in [-0.4, -0.2) is 38.9 Å². The maximum Gasteiger partial charge on any atom is 0.163 e. The van der Waals surface area contributed by atoms with Crippen molar-refractivity contribution >= 4 is 16.9 Å². The normalized spacial score (nSPS) is 20.2. The van der Waals surface area contributed by atoms with Crippen molar-refractivity contribution in [3.63, 3.8) is 0 Å². The van der Waals surface area contributed by atoms with Crippen LogP contribution in [0.5, 0.6) is 0 Å². The van der Waals surface area contributed by atoms with Gasteiger partial charge in [-0.25, -0.2) is 9.97 Å². The van der Waals surface area contributed by atoms with Crippen LogP contribution in [0.15, 0.2) is 12.5 Å². The molecule has 3 rings (SSSR count). The lowest BCUT2D eigenvalue weighted by molar-refractivity contribution is 0.414. The smallest absolute Gasteiger partial charge is 0.163 e. The van der Waals surface area contributed by atoms with Gasteiger partial charge in [0.25, 0.3) is 0 Å². The number of piperidine rings is 1. The Morgan fingerprint density at radius 3 is 3.22 bits per heavy atom. The van der Waals surface area contributed by atoms with E-state index in [0.29, 0.717) is 6.04 Å². The fourth-order valence-electron chi connectivity index (χ4n) is 2.42. The molecule has 18 heavy (non-hydrogen) atoms. The lowest BCUT2D eigenvalue weighted by atomic mass is 10.1. The maximum absolute atomic E-state index is 4.30. The van der Waals surface area contributed by atoms with E-state index in [1.165, 1.54) is 19.3 Å². The Bertz CT molecular complexity index is 528. The standard InChI is InChI=1S/C12H18N6/c1-18-12-10(7-17-18)11(15-8-16-12)14-6-9-4-2-3-5-13-9/h7-9,13H,2-6H2,1H3,(H,14,15,16). The highest BCUT2D eigenvalue weighted by Gasteiger charge is 2.13. The summed E-state index contributed by atoms with van der Waals surface area (Å²) in [6.07, 6.45) is 7.23. The molecule has 0 aliphatic carbocycles. The average Bonchev–Trinajstić information content (AvgIpc) is 2.80. The Balaban J connectivity index is 1.74. The molecule has 0 radical (unpaired) electrons. The van der Waals surface area contributed by atoms with E-state index in [1.54, 1.807) is 11.0 Å². The molecule has 1 aliphatic rings. The van der Waals surface area contributed by atoms with E-state index >= 15 is 0 Å². The zero-order chi connectivity index (χ0) is 12.4.